The van der Waals surface area contributed by atoms with Crippen molar-refractivity contribution < 1.29 is 72.4 Å². The van der Waals surface area contributed by atoms with E-state index in [-0.39, 0.29) is 51.1 Å². The van der Waals surface area contributed by atoms with Gasteiger partial charge in [0, 0.05) is 36.2 Å². The van der Waals surface area contributed by atoms with Crippen molar-refractivity contribution in [2.45, 2.75) is 148 Å². The second kappa shape index (κ2) is 20.3. The number of esters is 4. The lowest BCUT2D eigenvalue weighted by Gasteiger charge is -2.51. The third-order valence-electron chi connectivity index (χ3n) is 10.7. The van der Waals surface area contributed by atoms with Crippen LogP contribution in [0.1, 0.15) is 92.1 Å². The first kappa shape index (κ1) is 46.0. The molecule has 0 radical (unpaired) electrons. The first-order chi connectivity index (χ1) is 26.9. The highest BCUT2D eigenvalue weighted by Crippen LogP contribution is 2.47. The van der Waals surface area contributed by atoms with Gasteiger partial charge >= 0.3 is 23.9 Å². The standard InChI is InChI=1S/C42H60O15/c1-8-34(45)56-39-28(19-35(46)50-7)18-31-22-32(26(2)52-24-27-12-10-9-11-13-27)54-36(47)20-29(44)21-37(48)55-33(40(3,4)25-43)23-30-15-17-51-38(53-30)14-16-41(5,6)42(39,49)57-31/h9-14,16,19,26,29-33,38-39,43-44,49H,8,15,17-18,20-25H2,1-7H3/b16-14+,28-19+/t26-,29+,30+,31+,32-,33+,38+,39+,42-/m1/s1. The van der Waals surface area contributed by atoms with Crippen LogP contribution in [-0.2, 0) is 63.7 Å². The molecule has 1 aromatic carbocycles. The summed E-state index contributed by atoms with van der Waals surface area (Å²) in [4.78, 5) is 52.3. The van der Waals surface area contributed by atoms with E-state index in [1.54, 1.807) is 53.7 Å². The maximum absolute atomic E-state index is 13.5. The van der Waals surface area contributed by atoms with Crippen molar-refractivity contribution in [2.75, 3.05) is 20.3 Å². The Labute approximate surface area is 334 Å². The molecule has 0 spiro atoms. The van der Waals surface area contributed by atoms with Crippen LogP contribution in [-0.4, -0.2) is 114 Å². The number of methoxy groups -OCH3 is 1. The van der Waals surface area contributed by atoms with Crippen LogP contribution in [0.25, 0.3) is 0 Å². The van der Waals surface area contributed by atoms with Crippen LogP contribution < -0.4 is 0 Å². The first-order valence-corrected chi connectivity index (χ1v) is 19.6. The minimum absolute atomic E-state index is 0.0353. The number of carbonyl (C=O) groups excluding carboxylic acids is 4. The highest BCUT2D eigenvalue weighted by atomic mass is 16.7. The molecule has 3 heterocycles. The first-order valence-electron chi connectivity index (χ1n) is 19.6. The molecule has 2 fully saturated rings. The van der Waals surface area contributed by atoms with E-state index < -0.39 is 102 Å². The van der Waals surface area contributed by atoms with Crippen LogP contribution >= 0.6 is 0 Å². The zero-order valence-electron chi connectivity index (χ0n) is 34.0. The lowest BCUT2D eigenvalue weighted by Crippen LogP contribution is -2.62. The number of fused-ring (bicyclic) bond motifs is 4. The molecule has 57 heavy (non-hydrogen) atoms. The number of hydrogen-bond donors (Lipinski definition) is 3. The van der Waals surface area contributed by atoms with Crippen LogP contribution in [0.15, 0.2) is 54.1 Å². The molecule has 3 aliphatic heterocycles. The van der Waals surface area contributed by atoms with Gasteiger partial charge in [0.15, 0.2) is 12.4 Å². The van der Waals surface area contributed by atoms with Crippen LogP contribution in [0.3, 0.4) is 0 Å². The number of benzene rings is 1. The molecule has 1 aromatic rings. The number of cyclic esters (lactones) is 2. The number of carbonyl (C=O) groups is 4. The Hall–Kier alpha value is -3.70. The van der Waals surface area contributed by atoms with Gasteiger partial charge < -0.3 is 53.2 Å². The van der Waals surface area contributed by atoms with Gasteiger partial charge in [-0.05, 0) is 37.0 Å². The number of hydrogen-bond acceptors (Lipinski definition) is 15. The van der Waals surface area contributed by atoms with E-state index in [4.69, 9.17) is 37.9 Å². The third kappa shape index (κ3) is 12.6. The minimum atomic E-state index is -2.32. The van der Waals surface area contributed by atoms with Crippen LogP contribution in [0, 0.1) is 10.8 Å². The predicted molar refractivity (Wildman–Crippen MR) is 203 cm³/mol. The predicted octanol–water partition coefficient (Wildman–Crippen LogP) is 3.98. The summed E-state index contributed by atoms with van der Waals surface area (Å²) < 4.78 is 47.4. The Kier molecular flexibility index (Phi) is 16.4. The van der Waals surface area contributed by atoms with Crippen molar-refractivity contribution >= 4 is 23.9 Å². The van der Waals surface area contributed by atoms with Gasteiger partial charge in [0.1, 0.15) is 12.2 Å². The Bertz CT molecular complexity index is 1570. The SMILES string of the molecule is CCC(=O)O[C@H]1/C(=C/C(=O)OC)C[C@H]2C[C@H]([C@@H](C)OCc3ccccc3)OC(=O)C[C@H](O)CC(=O)O[C@H](C(C)(C)CO)C[C@@H]3CCO[C@H](/C=C/C(C)(C)[C@]1(O)O2)O3. The lowest BCUT2D eigenvalue weighted by atomic mass is 9.74. The summed E-state index contributed by atoms with van der Waals surface area (Å²) in [5.41, 5.74) is -1.22. The fraction of sp³-hybridized carbons (Fsp3) is 0.667. The molecule has 318 valence electrons. The molecule has 15 nitrogen and oxygen atoms in total. The largest absolute Gasteiger partial charge is 0.466 e. The van der Waals surface area contributed by atoms with E-state index in [1.807, 2.05) is 30.3 Å². The number of ether oxygens (including phenoxy) is 8. The second-order valence-corrected chi connectivity index (χ2v) is 16.2. The van der Waals surface area contributed by atoms with E-state index in [2.05, 4.69) is 0 Å². The molecule has 0 aliphatic carbocycles. The molecule has 4 rings (SSSR count). The van der Waals surface area contributed by atoms with Crippen molar-refractivity contribution in [3.8, 4) is 0 Å². The molecule has 0 aromatic heterocycles. The summed E-state index contributed by atoms with van der Waals surface area (Å²) in [5, 5.41) is 33.8. The van der Waals surface area contributed by atoms with Crippen molar-refractivity contribution in [3.63, 3.8) is 0 Å². The van der Waals surface area contributed by atoms with Gasteiger partial charge in [0.2, 0.25) is 5.79 Å². The normalized spacial score (nSPS) is 32.2. The van der Waals surface area contributed by atoms with Crippen LogP contribution in [0.5, 0.6) is 0 Å². The average molecular weight is 805 g/mol. The van der Waals surface area contributed by atoms with E-state index in [0.29, 0.717) is 6.42 Å². The quantitative estimate of drug-likeness (QED) is 0.140. The van der Waals surface area contributed by atoms with E-state index in [9.17, 15) is 34.5 Å². The Balaban J connectivity index is 1.79. The molecule has 3 N–H and O–H groups in total. The van der Waals surface area contributed by atoms with Crippen molar-refractivity contribution in [2.24, 2.45) is 10.8 Å². The van der Waals surface area contributed by atoms with E-state index >= 15 is 0 Å². The molecule has 15 heteroatoms. The fourth-order valence-corrected chi connectivity index (χ4v) is 6.89. The van der Waals surface area contributed by atoms with Crippen molar-refractivity contribution in [1.82, 2.24) is 0 Å². The summed E-state index contributed by atoms with van der Waals surface area (Å²) in [6.07, 6.45) is -4.21. The Morgan fingerprint density at radius 1 is 1.04 bits per heavy atom. The number of aliphatic hydroxyl groups is 3. The maximum Gasteiger partial charge on any atom is 0.330 e. The van der Waals surface area contributed by atoms with E-state index in [0.717, 1.165) is 11.6 Å². The van der Waals surface area contributed by atoms with Gasteiger partial charge in [-0.25, -0.2) is 4.79 Å². The zero-order valence-corrected chi connectivity index (χ0v) is 34.0. The highest BCUT2D eigenvalue weighted by Gasteiger charge is 2.58. The zero-order chi connectivity index (χ0) is 42.0. The molecular weight excluding hydrogens is 744 g/mol. The van der Waals surface area contributed by atoms with Gasteiger partial charge in [-0.2, -0.15) is 0 Å². The summed E-state index contributed by atoms with van der Waals surface area (Å²) in [7, 11) is 1.20. The van der Waals surface area contributed by atoms with Gasteiger partial charge in [0.25, 0.3) is 0 Å². The second-order valence-electron chi connectivity index (χ2n) is 16.2. The van der Waals surface area contributed by atoms with Crippen LogP contribution in [0.2, 0.25) is 0 Å². The molecule has 9 atom stereocenters. The topological polar surface area (TPSA) is 203 Å². The maximum atomic E-state index is 13.5. The van der Waals surface area contributed by atoms with Crippen molar-refractivity contribution in [1.29, 1.82) is 0 Å². The highest BCUT2D eigenvalue weighted by molar-refractivity contribution is 5.83. The fourth-order valence-electron chi connectivity index (χ4n) is 6.89. The average Bonchev–Trinajstić information content (AvgIpc) is 3.16. The van der Waals surface area contributed by atoms with Crippen molar-refractivity contribution in [3.05, 3.63) is 59.7 Å². The molecular formula is C42H60O15. The van der Waals surface area contributed by atoms with Gasteiger partial charge in [0.05, 0.1) is 64.2 Å². The van der Waals surface area contributed by atoms with Gasteiger partial charge in [-0.15, -0.1) is 0 Å². The Morgan fingerprint density at radius 2 is 1.72 bits per heavy atom. The summed E-state index contributed by atoms with van der Waals surface area (Å²) in [6.45, 7) is 10.2. The molecule has 3 aliphatic rings. The lowest BCUT2D eigenvalue weighted by molar-refractivity contribution is -0.327. The smallest absolute Gasteiger partial charge is 0.330 e. The van der Waals surface area contributed by atoms with E-state index in [1.165, 1.54) is 7.11 Å². The summed E-state index contributed by atoms with van der Waals surface area (Å²) in [6, 6.07) is 9.33. The van der Waals surface area contributed by atoms with Gasteiger partial charge in [-0.3, -0.25) is 14.4 Å². The molecule has 4 bridgehead atoms. The Morgan fingerprint density at radius 3 is 2.37 bits per heavy atom. The van der Waals surface area contributed by atoms with Gasteiger partial charge in [-0.1, -0.05) is 71.0 Å². The number of rotatable bonds is 9. The monoisotopic (exact) mass is 804 g/mol. The molecule has 2 saturated heterocycles. The molecule has 0 unspecified atom stereocenters. The summed E-state index contributed by atoms with van der Waals surface area (Å²) >= 11 is 0. The third-order valence-corrected chi connectivity index (χ3v) is 10.7. The molecule has 0 amide bonds. The minimum Gasteiger partial charge on any atom is -0.466 e. The van der Waals surface area contributed by atoms with Crippen LogP contribution in [0.4, 0.5) is 0 Å². The molecule has 0 saturated carbocycles. The summed E-state index contributed by atoms with van der Waals surface area (Å²) in [5.74, 6) is -5.35. The number of aliphatic hydroxyl groups excluding tert-OH is 2.